The highest BCUT2D eigenvalue weighted by Crippen LogP contribution is 2.62. The van der Waals surface area contributed by atoms with E-state index in [9.17, 15) is 9.90 Å². The number of halogens is 2. The Kier molecular flexibility index (Phi) is 4.18. The number of rotatable bonds is 0. The first-order valence-corrected chi connectivity index (χ1v) is 10.1. The molecule has 4 rings (SSSR count). The Balaban J connectivity index is 1.72. The number of aliphatic hydroxyl groups is 1. The third-order valence-electron chi connectivity index (χ3n) is 7.65. The summed E-state index contributed by atoms with van der Waals surface area (Å²) in [6, 6.07) is 0. The summed E-state index contributed by atoms with van der Waals surface area (Å²) in [4.78, 5) is 12.0. The Morgan fingerprint density at radius 1 is 1.29 bits per heavy atom. The number of allylic oxidation sites excluding steroid dienone is 3. The van der Waals surface area contributed by atoms with Gasteiger partial charge in [-0.05, 0) is 67.3 Å². The molecule has 0 radical (unpaired) electrons. The van der Waals surface area contributed by atoms with Gasteiger partial charge in [-0.25, -0.2) is 0 Å². The molecule has 0 saturated heterocycles. The molecule has 24 heavy (non-hydrogen) atoms. The van der Waals surface area contributed by atoms with Crippen molar-refractivity contribution in [1.29, 1.82) is 0 Å². The lowest BCUT2D eigenvalue weighted by atomic mass is 9.46. The van der Waals surface area contributed by atoms with Crippen molar-refractivity contribution in [2.45, 2.75) is 58.5 Å². The minimum absolute atomic E-state index is 0.114. The maximum atomic E-state index is 12.0. The highest BCUT2D eigenvalue weighted by molar-refractivity contribution is 6.43. The Bertz CT molecular complexity index is 638. The van der Waals surface area contributed by atoms with Crippen molar-refractivity contribution in [1.82, 2.24) is 0 Å². The normalized spacial score (nSPS) is 48.4. The first-order valence-electron chi connectivity index (χ1n) is 9.30. The second kappa shape index (κ2) is 5.86. The zero-order valence-corrected chi connectivity index (χ0v) is 15.9. The van der Waals surface area contributed by atoms with Crippen LogP contribution in [0.3, 0.4) is 0 Å². The van der Waals surface area contributed by atoms with Gasteiger partial charge >= 0.3 is 0 Å². The fourth-order valence-electron chi connectivity index (χ4n) is 6.42. The van der Waals surface area contributed by atoms with Gasteiger partial charge < -0.3 is 5.11 Å². The number of ketones is 1. The summed E-state index contributed by atoms with van der Waals surface area (Å²) in [5.41, 5.74) is 1.12. The average molecular weight is 369 g/mol. The van der Waals surface area contributed by atoms with Gasteiger partial charge in [0.1, 0.15) is 0 Å². The van der Waals surface area contributed by atoms with Crippen LogP contribution >= 0.6 is 23.2 Å². The number of hydrogen-bond donors (Lipinski definition) is 1. The monoisotopic (exact) mass is 368 g/mol. The minimum atomic E-state index is -0.528. The molecule has 1 N–H and O–H groups in total. The van der Waals surface area contributed by atoms with Crippen molar-refractivity contribution in [3.8, 4) is 0 Å². The van der Waals surface area contributed by atoms with Crippen LogP contribution in [0.2, 0.25) is 0 Å². The quantitative estimate of drug-likeness (QED) is 0.650. The summed E-state index contributed by atoms with van der Waals surface area (Å²) >= 11 is 12.7. The molecule has 0 aromatic rings. The standard InChI is InChI=1S/C20H26Cl2O2/c1-10-9-13-11(3-6-16(23)18(13)22)12-7-8-20(2)14(17(10)12)4-5-15(21)19(20)24/h5,10-12,14,17,19,24H,3-4,6-9H2,1-2H3/t10-,11-,12-,14+,17-,19+,20+/m1/s1. The molecule has 132 valence electrons. The van der Waals surface area contributed by atoms with Crippen molar-refractivity contribution in [3.05, 3.63) is 21.7 Å². The van der Waals surface area contributed by atoms with E-state index < -0.39 is 6.10 Å². The van der Waals surface area contributed by atoms with Gasteiger partial charge in [-0.3, -0.25) is 4.79 Å². The van der Waals surface area contributed by atoms with Crippen LogP contribution in [0.4, 0.5) is 0 Å². The molecule has 2 saturated carbocycles. The van der Waals surface area contributed by atoms with E-state index in [1.807, 2.05) is 6.08 Å². The van der Waals surface area contributed by atoms with E-state index in [-0.39, 0.29) is 11.2 Å². The first kappa shape index (κ1) is 17.1. The highest BCUT2D eigenvalue weighted by atomic mass is 35.5. The molecule has 0 aliphatic heterocycles. The van der Waals surface area contributed by atoms with Gasteiger partial charge in [0.25, 0.3) is 0 Å². The van der Waals surface area contributed by atoms with Crippen molar-refractivity contribution in [2.24, 2.45) is 35.0 Å². The third-order valence-corrected chi connectivity index (χ3v) is 8.46. The molecule has 2 fully saturated rings. The van der Waals surface area contributed by atoms with Crippen LogP contribution < -0.4 is 0 Å². The van der Waals surface area contributed by atoms with Gasteiger partial charge in [-0.2, -0.15) is 0 Å². The fraction of sp³-hybridized carbons (Fsp3) is 0.750. The number of carbonyl (C=O) groups is 1. The molecule has 7 atom stereocenters. The zero-order valence-electron chi connectivity index (χ0n) is 14.4. The van der Waals surface area contributed by atoms with Gasteiger partial charge in [-0.15, -0.1) is 0 Å². The molecule has 2 nitrogen and oxygen atoms in total. The molecule has 0 aromatic heterocycles. The van der Waals surface area contributed by atoms with Crippen LogP contribution in [0.15, 0.2) is 21.7 Å². The molecular formula is C20H26Cl2O2. The summed E-state index contributed by atoms with van der Waals surface area (Å²) in [5.74, 6) is 2.77. The van der Waals surface area contributed by atoms with Crippen LogP contribution in [0.1, 0.15) is 52.4 Å². The SMILES string of the molecule is C[C@@H]1CC2=C(Cl)C(=O)CC[C@@H]2[C@H]2CC[C@]3(C)[C@@H](O)C(Cl)=CC[C@H]3[C@@H]21. The van der Waals surface area contributed by atoms with E-state index in [0.717, 1.165) is 32.1 Å². The van der Waals surface area contributed by atoms with E-state index >= 15 is 0 Å². The third kappa shape index (κ3) is 2.29. The van der Waals surface area contributed by atoms with Gasteiger partial charge in [0.2, 0.25) is 0 Å². The van der Waals surface area contributed by atoms with E-state index in [1.165, 1.54) is 5.57 Å². The fourth-order valence-corrected chi connectivity index (χ4v) is 7.07. The van der Waals surface area contributed by atoms with Crippen molar-refractivity contribution in [2.75, 3.05) is 0 Å². The molecule has 0 bridgehead atoms. The predicted octanol–water partition coefficient (Wildman–Crippen LogP) is 5.03. The van der Waals surface area contributed by atoms with Crippen LogP contribution in [-0.2, 0) is 4.79 Å². The maximum absolute atomic E-state index is 12.0. The molecule has 4 heteroatoms. The lowest BCUT2D eigenvalue weighted by Crippen LogP contribution is -2.54. The van der Waals surface area contributed by atoms with Crippen molar-refractivity contribution < 1.29 is 9.90 Å². The number of aliphatic hydroxyl groups excluding tert-OH is 1. The highest BCUT2D eigenvalue weighted by Gasteiger charge is 2.56. The molecule has 0 amide bonds. The summed E-state index contributed by atoms with van der Waals surface area (Å²) in [6.07, 6.45) is 7.09. The Labute approximate surface area is 154 Å². The van der Waals surface area contributed by atoms with E-state index in [2.05, 4.69) is 13.8 Å². The number of carbonyl (C=O) groups excluding carboxylic acids is 1. The lowest BCUT2D eigenvalue weighted by Gasteiger charge is -2.59. The second-order valence-corrected chi connectivity index (χ2v) is 9.52. The van der Waals surface area contributed by atoms with Gasteiger partial charge in [0, 0.05) is 16.9 Å². The molecule has 0 spiro atoms. The van der Waals surface area contributed by atoms with Gasteiger partial charge in [0.05, 0.1) is 11.1 Å². The average Bonchev–Trinajstić information content (AvgIpc) is 2.55. The van der Waals surface area contributed by atoms with Crippen LogP contribution in [-0.4, -0.2) is 17.0 Å². The molecule has 0 unspecified atom stereocenters. The van der Waals surface area contributed by atoms with Crippen molar-refractivity contribution in [3.63, 3.8) is 0 Å². The van der Waals surface area contributed by atoms with E-state index in [4.69, 9.17) is 23.2 Å². The van der Waals surface area contributed by atoms with Gasteiger partial charge in [0.15, 0.2) is 5.78 Å². The summed E-state index contributed by atoms with van der Waals surface area (Å²) in [5, 5.41) is 11.9. The Hall–Kier alpha value is -0.310. The largest absolute Gasteiger partial charge is 0.387 e. The summed E-state index contributed by atoms with van der Waals surface area (Å²) in [7, 11) is 0. The summed E-state index contributed by atoms with van der Waals surface area (Å²) in [6.45, 7) is 4.53. The number of hydrogen-bond acceptors (Lipinski definition) is 2. The van der Waals surface area contributed by atoms with Crippen LogP contribution in [0, 0.1) is 35.0 Å². The molecule has 4 aliphatic carbocycles. The second-order valence-electron chi connectivity index (χ2n) is 8.71. The zero-order chi connectivity index (χ0) is 17.2. The summed E-state index contributed by atoms with van der Waals surface area (Å²) < 4.78 is 0. The van der Waals surface area contributed by atoms with E-state index in [1.54, 1.807) is 0 Å². The predicted molar refractivity (Wildman–Crippen MR) is 96.8 cm³/mol. The van der Waals surface area contributed by atoms with Crippen molar-refractivity contribution >= 4 is 29.0 Å². The lowest BCUT2D eigenvalue weighted by molar-refractivity contribution is -0.118. The van der Waals surface area contributed by atoms with Gasteiger partial charge in [-0.1, -0.05) is 43.1 Å². The topological polar surface area (TPSA) is 37.3 Å². The number of fused-ring (bicyclic) bond motifs is 5. The Morgan fingerprint density at radius 2 is 2.04 bits per heavy atom. The van der Waals surface area contributed by atoms with Crippen LogP contribution in [0.25, 0.3) is 0 Å². The maximum Gasteiger partial charge on any atom is 0.174 e. The molecule has 4 aliphatic rings. The Morgan fingerprint density at radius 3 is 2.79 bits per heavy atom. The van der Waals surface area contributed by atoms with E-state index in [0.29, 0.717) is 46.1 Å². The smallest absolute Gasteiger partial charge is 0.174 e. The molecule has 0 heterocycles. The number of Topliss-reactive ketones (excluding diaryl/α,β-unsaturated/α-hetero) is 1. The minimum Gasteiger partial charge on any atom is -0.387 e. The molecular weight excluding hydrogens is 343 g/mol. The first-order chi connectivity index (χ1) is 11.3. The van der Waals surface area contributed by atoms with Crippen LogP contribution in [0.5, 0.6) is 0 Å². The molecule has 0 aromatic carbocycles.